The SMILES string of the molecule is CNC(C)CNC(=O)CCOc1cccc(C)c1.Cl. The van der Waals surface area contributed by atoms with Crippen molar-refractivity contribution in [3.63, 3.8) is 0 Å². The summed E-state index contributed by atoms with van der Waals surface area (Å²) in [5.74, 6) is 0.830. The van der Waals surface area contributed by atoms with Crippen molar-refractivity contribution < 1.29 is 9.53 Å². The highest BCUT2D eigenvalue weighted by molar-refractivity contribution is 5.85. The predicted octanol–water partition coefficient (Wildman–Crippen LogP) is 1.91. The number of ether oxygens (including phenoxy) is 1. The van der Waals surface area contributed by atoms with Gasteiger partial charge >= 0.3 is 0 Å². The van der Waals surface area contributed by atoms with Gasteiger partial charge in [-0.3, -0.25) is 4.79 Å². The van der Waals surface area contributed by atoms with Crippen LogP contribution in [0.1, 0.15) is 18.9 Å². The van der Waals surface area contributed by atoms with Crippen molar-refractivity contribution in [3.05, 3.63) is 29.8 Å². The van der Waals surface area contributed by atoms with Crippen LogP contribution < -0.4 is 15.4 Å². The van der Waals surface area contributed by atoms with Crippen LogP contribution in [0.2, 0.25) is 0 Å². The van der Waals surface area contributed by atoms with Gasteiger partial charge < -0.3 is 15.4 Å². The Morgan fingerprint density at radius 2 is 2.16 bits per heavy atom. The summed E-state index contributed by atoms with van der Waals surface area (Å²) in [7, 11) is 1.87. The van der Waals surface area contributed by atoms with E-state index in [9.17, 15) is 4.79 Å². The number of likely N-dealkylation sites (N-methyl/N-ethyl adjacent to an activating group) is 1. The van der Waals surface area contributed by atoms with E-state index in [0.29, 0.717) is 19.6 Å². The minimum atomic E-state index is 0. The van der Waals surface area contributed by atoms with E-state index in [2.05, 4.69) is 10.6 Å². The van der Waals surface area contributed by atoms with E-state index < -0.39 is 0 Å². The molecule has 0 aliphatic carbocycles. The molecule has 0 spiro atoms. The number of nitrogens with one attached hydrogen (secondary N) is 2. The number of aryl methyl sites for hydroxylation is 1. The molecule has 4 nitrogen and oxygen atoms in total. The van der Waals surface area contributed by atoms with E-state index in [-0.39, 0.29) is 24.4 Å². The second-order valence-electron chi connectivity index (χ2n) is 4.41. The molecule has 0 fully saturated rings. The first-order valence-electron chi connectivity index (χ1n) is 6.25. The highest BCUT2D eigenvalue weighted by atomic mass is 35.5. The number of halogens is 1. The van der Waals surface area contributed by atoms with E-state index in [0.717, 1.165) is 11.3 Å². The molecule has 0 bridgehead atoms. The number of hydrogen-bond acceptors (Lipinski definition) is 3. The lowest BCUT2D eigenvalue weighted by molar-refractivity contribution is -0.121. The zero-order valence-electron chi connectivity index (χ0n) is 11.7. The Kier molecular flexibility index (Phi) is 9.00. The summed E-state index contributed by atoms with van der Waals surface area (Å²) in [6, 6.07) is 8.10. The average Bonchev–Trinajstić information content (AvgIpc) is 2.36. The van der Waals surface area contributed by atoms with Crippen LogP contribution in [0.5, 0.6) is 5.75 Å². The van der Waals surface area contributed by atoms with E-state index in [1.54, 1.807) is 0 Å². The van der Waals surface area contributed by atoms with Crippen molar-refractivity contribution >= 4 is 18.3 Å². The maximum absolute atomic E-state index is 11.5. The van der Waals surface area contributed by atoms with Gasteiger partial charge in [-0.15, -0.1) is 12.4 Å². The smallest absolute Gasteiger partial charge is 0.223 e. The summed E-state index contributed by atoms with van der Waals surface area (Å²) >= 11 is 0. The summed E-state index contributed by atoms with van der Waals surface area (Å²) in [5, 5.41) is 5.91. The quantitative estimate of drug-likeness (QED) is 0.805. The lowest BCUT2D eigenvalue weighted by Gasteiger charge is -2.11. The zero-order chi connectivity index (χ0) is 13.4. The topological polar surface area (TPSA) is 50.4 Å². The molecule has 1 aromatic rings. The van der Waals surface area contributed by atoms with Gasteiger partial charge in [0.1, 0.15) is 5.75 Å². The van der Waals surface area contributed by atoms with Crippen molar-refractivity contribution in [2.24, 2.45) is 0 Å². The number of carbonyl (C=O) groups is 1. The van der Waals surface area contributed by atoms with Gasteiger partial charge in [-0.05, 0) is 38.6 Å². The molecule has 0 saturated carbocycles. The van der Waals surface area contributed by atoms with Crippen molar-refractivity contribution in [2.45, 2.75) is 26.3 Å². The standard InChI is InChI=1S/C14H22N2O2.ClH/c1-11-5-4-6-13(9-11)18-8-7-14(17)16-10-12(2)15-3;/h4-6,9,12,15H,7-8,10H2,1-3H3,(H,16,17);1H. The maximum Gasteiger partial charge on any atom is 0.223 e. The molecule has 0 saturated heterocycles. The zero-order valence-corrected chi connectivity index (χ0v) is 12.5. The molecular formula is C14H23ClN2O2. The molecule has 1 aromatic carbocycles. The first-order valence-corrected chi connectivity index (χ1v) is 6.25. The number of rotatable bonds is 7. The summed E-state index contributed by atoms with van der Waals surface area (Å²) in [6.45, 7) is 5.07. The van der Waals surface area contributed by atoms with Crippen LogP contribution in [-0.4, -0.2) is 32.1 Å². The molecule has 2 N–H and O–H groups in total. The van der Waals surface area contributed by atoms with Gasteiger partial charge in [0.25, 0.3) is 0 Å². The third-order valence-corrected chi connectivity index (χ3v) is 2.69. The van der Waals surface area contributed by atoms with Crippen LogP contribution in [0, 0.1) is 6.92 Å². The Hall–Kier alpha value is -1.26. The van der Waals surface area contributed by atoms with E-state index in [1.165, 1.54) is 0 Å². The average molecular weight is 287 g/mol. The third-order valence-electron chi connectivity index (χ3n) is 2.69. The highest BCUT2D eigenvalue weighted by Gasteiger charge is 2.04. The molecule has 0 aromatic heterocycles. The van der Waals surface area contributed by atoms with Gasteiger partial charge in [0, 0.05) is 12.6 Å². The first-order chi connectivity index (χ1) is 8.61. The summed E-state index contributed by atoms with van der Waals surface area (Å²) in [4.78, 5) is 11.5. The van der Waals surface area contributed by atoms with Gasteiger partial charge in [-0.25, -0.2) is 0 Å². The van der Waals surface area contributed by atoms with E-state index in [4.69, 9.17) is 4.74 Å². The van der Waals surface area contributed by atoms with Crippen molar-refractivity contribution in [1.82, 2.24) is 10.6 Å². The minimum absolute atomic E-state index is 0. The summed E-state index contributed by atoms with van der Waals surface area (Å²) < 4.78 is 5.51. The fourth-order valence-corrected chi connectivity index (χ4v) is 1.42. The largest absolute Gasteiger partial charge is 0.493 e. The molecule has 0 aliphatic rings. The molecule has 0 aliphatic heterocycles. The summed E-state index contributed by atoms with van der Waals surface area (Å²) in [5.41, 5.74) is 1.15. The molecule has 19 heavy (non-hydrogen) atoms. The van der Waals surface area contributed by atoms with Crippen LogP contribution in [-0.2, 0) is 4.79 Å². The monoisotopic (exact) mass is 286 g/mol. The van der Waals surface area contributed by atoms with E-state index in [1.807, 2.05) is 45.2 Å². The molecule has 1 atom stereocenters. The Morgan fingerprint density at radius 1 is 1.42 bits per heavy atom. The molecule has 1 rings (SSSR count). The van der Waals surface area contributed by atoms with E-state index >= 15 is 0 Å². The molecule has 0 radical (unpaired) electrons. The fraction of sp³-hybridized carbons (Fsp3) is 0.500. The lowest BCUT2D eigenvalue weighted by atomic mass is 10.2. The molecule has 108 valence electrons. The number of hydrogen-bond donors (Lipinski definition) is 2. The van der Waals surface area contributed by atoms with Gasteiger partial charge in [-0.1, -0.05) is 12.1 Å². The van der Waals surface area contributed by atoms with Crippen molar-refractivity contribution in [1.29, 1.82) is 0 Å². The Bertz CT molecular complexity index is 385. The Labute approximate surface area is 121 Å². The number of amides is 1. The molecule has 1 amide bonds. The molecular weight excluding hydrogens is 264 g/mol. The third kappa shape index (κ3) is 7.70. The van der Waals surface area contributed by atoms with Gasteiger partial charge in [0.2, 0.25) is 5.91 Å². The number of carbonyl (C=O) groups excluding carboxylic acids is 1. The van der Waals surface area contributed by atoms with Crippen LogP contribution in [0.4, 0.5) is 0 Å². The molecule has 0 heterocycles. The second kappa shape index (κ2) is 9.64. The molecule has 1 unspecified atom stereocenters. The Balaban J connectivity index is 0.00000324. The molecule has 5 heteroatoms. The van der Waals surface area contributed by atoms with Crippen molar-refractivity contribution in [3.8, 4) is 5.75 Å². The van der Waals surface area contributed by atoms with Crippen molar-refractivity contribution in [2.75, 3.05) is 20.2 Å². The van der Waals surface area contributed by atoms with Crippen LogP contribution in [0.3, 0.4) is 0 Å². The predicted molar refractivity (Wildman–Crippen MR) is 80.1 cm³/mol. The van der Waals surface area contributed by atoms with Crippen LogP contribution in [0.25, 0.3) is 0 Å². The van der Waals surface area contributed by atoms with Crippen LogP contribution >= 0.6 is 12.4 Å². The van der Waals surface area contributed by atoms with Gasteiger partial charge in [-0.2, -0.15) is 0 Å². The van der Waals surface area contributed by atoms with Gasteiger partial charge in [0.15, 0.2) is 0 Å². The highest BCUT2D eigenvalue weighted by Crippen LogP contribution is 2.12. The maximum atomic E-state index is 11.5. The normalized spacial score (nSPS) is 11.3. The Morgan fingerprint density at radius 3 is 2.79 bits per heavy atom. The lowest BCUT2D eigenvalue weighted by Crippen LogP contribution is -2.37. The first kappa shape index (κ1) is 17.7. The minimum Gasteiger partial charge on any atom is -0.493 e. The van der Waals surface area contributed by atoms with Gasteiger partial charge in [0.05, 0.1) is 13.0 Å². The number of benzene rings is 1. The fourth-order valence-electron chi connectivity index (χ4n) is 1.42. The summed E-state index contributed by atoms with van der Waals surface area (Å²) in [6.07, 6.45) is 0.379. The van der Waals surface area contributed by atoms with Crippen LogP contribution in [0.15, 0.2) is 24.3 Å². The second-order valence-corrected chi connectivity index (χ2v) is 4.41.